The lowest BCUT2D eigenvalue weighted by atomic mass is 9.77. The zero-order valence-electron chi connectivity index (χ0n) is 17.2. The molecule has 0 aromatic carbocycles. The van der Waals surface area contributed by atoms with E-state index in [0.29, 0.717) is 24.8 Å². The summed E-state index contributed by atoms with van der Waals surface area (Å²) in [4.78, 5) is 30.6. The van der Waals surface area contributed by atoms with E-state index in [4.69, 9.17) is 4.74 Å². The van der Waals surface area contributed by atoms with E-state index in [1.165, 1.54) is 6.42 Å². The minimum atomic E-state index is -0.183. The minimum absolute atomic E-state index is 0.0812. The Hall–Kier alpha value is -1.24. The summed E-state index contributed by atoms with van der Waals surface area (Å²) in [5.41, 5.74) is -0.183. The third kappa shape index (κ3) is 5.18. The van der Waals surface area contributed by atoms with Gasteiger partial charge >= 0.3 is 0 Å². The molecule has 6 heteroatoms. The van der Waals surface area contributed by atoms with E-state index in [0.717, 1.165) is 52.0 Å². The molecule has 2 atom stereocenters. The van der Waals surface area contributed by atoms with Gasteiger partial charge in [-0.3, -0.25) is 14.5 Å². The first kappa shape index (κ1) is 20.5. The highest BCUT2D eigenvalue weighted by Gasteiger charge is 2.48. The third-order valence-electron chi connectivity index (χ3n) is 6.36. The van der Waals surface area contributed by atoms with Crippen LogP contribution in [0.15, 0.2) is 12.2 Å². The highest BCUT2D eigenvalue weighted by Crippen LogP contribution is 2.32. The average Bonchev–Trinajstić information content (AvgIpc) is 2.60. The molecule has 0 N–H and O–H groups in total. The van der Waals surface area contributed by atoms with Gasteiger partial charge in [0.05, 0.1) is 19.7 Å². The molecule has 152 valence electrons. The molecule has 3 rings (SSSR count). The Morgan fingerprint density at radius 3 is 2.85 bits per heavy atom. The molecule has 3 fully saturated rings. The van der Waals surface area contributed by atoms with Crippen LogP contribution in [0.2, 0.25) is 0 Å². The van der Waals surface area contributed by atoms with Crippen molar-refractivity contribution in [3.63, 3.8) is 0 Å². The molecule has 2 heterocycles. The highest BCUT2D eigenvalue weighted by molar-refractivity contribution is 5.88. The van der Waals surface area contributed by atoms with Crippen molar-refractivity contribution < 1.29 is 14.3 Å². The summed E-state index contributed by atoms with van der Waals surface area (Å²) < 4.78 is 6.06. The molecule has 27 heavy (non-hydrogen) atoms. The van der Waals surface area contributed by atoms with Crippen molar-refractivity contribution in [3.8, 4) is 0 Å². The number of carbonyl (C=O) groups excluding carboxylic acids is 2. The molecule has 1 saturated carbocycles. The van der Waals surface area contributed by atoms with Crippen LogP contribution < -0.4 is 0 Å². The van der Waals surface area contributed by atoms with E-state index >= 15 is 0 Å². The molecule has 0 aromatic heterocycles. The minimum Gasteiger partial charge on any atom is -0.369 e. The van der Waals surface area contributed by atoms with Gasteiger partial charge in [0.1, 0.15) is 11.4 Å². The number of carbonyl (C=O) groups is 2. The van der Waals surface area contributed by atoms with Crippen molar-refractivity contribution in [3.05, 3.63) is 12.2 Å². The Morgan fingerprint density at radius 2 is 2.11 bits per heavy atom. The van der Waals surface area contributed by atoms with Gasteiger partial charge in [-0.15, -0.1) is 0 Å². The van der Waals surface area contributed by atoms with Crippen LogP contribution in [0.4, 0.5) is 0 Å². The van der Waals surface area contributed by atoms with E-state index in [-0.39, 0.29) is 17.4 Å². The number of likely N-dealkylation sites (N-methyl/N-ethyl adjacent to an activating group) is 1. The predicted molar refractivity (Wildman–Crippen MR) is 106 cm³/mol. The number of nitrogens with zero attached hydrogens (tertiary/aromatic N) is 3. The van der Waals surface area contributed by atoms with Crippen LogP contribution in [0.5, 0.6) is 0 Å². The van der Waals surface area contributed by atoms with Gasteiger partial charge < -0.3 is 14.5 Å². The van der Waals surface area contributed by atoms with Crippen molar-refractivity contribution in [1.29, 1.82) is 0 Å². The number of hydrogen-bond donors (Lipinski definition) is 0. The Kier molecular flexibility index (Phi) is 6.71. The third-order valence-corrected chi connectivity index (χ3v) is 6.36. The van der Waals surface area contributed by atoms with Gasteiger partial charge in [-0.25, -0.2) is 0 Å². The largest absolute Gasteiger partial charge is 0.369 e. The van der Waals surface area contributed by atoms with Crippen LogP contribution in [0.1, 0.15) is 32.6 Å². The van der Waals surface area contributed by atoms with Crippen LogP contribution >= 0.6 is 0 Å². The van der Waals surface area contributed by atoms with Crippen LogP contribution in [0.3, 0.4) is 0 Å². The van der Waals surface area contributed by atoms with Gasteiger partial charge in [-0.1, -0.05) is 13.0 Å². The van der Waals surface area contributed by atoms with Crippen molar-refractivity contribution in [2.24, 2.45) is 11.8 Å². The highest BCUT2D eigenvalue weighted by atomic mass is 16.5. The number of ketones is 1. The van der Waals surface area contributed by atoms with Gasteiger partial charge in [0.15, 0.2) is 0 Å². The smallest absolute Gasteiger partial charge is 0.246 e. The van der Waals surface area contributed by atoms with Crippen LogP contribution in [0.25, 0.3) is 0 Å². The maximum atomic E-state index is 12.2. The molecule has 6 nitrogen and oxygen atoms in total. The second kappa shape index (κ2) is 8.84. The van der Waals surface area contributed by atoms with Crippen LogP contribution in [-0.2, 0) is 14.3 Å². The number of amides is 1. The maximum absolute atomic E-state index is 12.2. The number of rotatable bonds is 6. The second-order valence-electron chi connectivity index (χ2n) is 8.86. The summed E-state index contributed by atoms with van der Waals surface area (Å²) in [6, 6.07) is 0. The van der Waals surface area contributed by atoms with E-state index in [9.17, 15) is 9.59 Å². The molecule has 2 unspecified atom stereocenters. The quantitative estimate of drug-likeness (QED) is 0.655. The fraction of sp³-hybridized carbons (Fsp3) is 0.810. The first-order valence-electron chi connectivity index (χ1n) is 10.4. The summed E-state index contributed by atoms with van der Waals surface area (Å²) in [5, 5.41) is 0. The van der Waals surface area contributed by atoms with Gasteiger partial charge in [0.2, 0.25) is 5.91 Å². The number of morpholine rings is 1. The molecule has 1 spiro atoms. The molecule has 1 amide bonds. The van der Waals surface area contributed by atoms with Crippen molar-refractivity contribution in [1.82, 2.24) is 14.7 Å². The molecule has 0 bridgehead atoms. The summed E-state index contributed by atoms with van der Waals surface area (Å²) >= 11 is 0. The second-order valence-corrected chi connectivity index (χ2v) is 8.86. The molecular weight excluding hydrogens is 342 g/mol. The zero-order chi connectivity index (χ0) is 19.4. The van der Waals surface area contributed by atoms with Gasteiger partial charge in [0, 0.05) is 38.0 Å². The molecule has 0 aromatic rings. The normalized spacial score (nSPS) is 28.9. The van der Waals surface area contributed by atoms with Gasteiger partial charge in [0.25, 0.3) is 0 Å². The summed E-state index contributed by atoms with van der Waals surface area (Å²) in [6.07, 6.45) is 7.69. The molecular formula is C21H35N3O3. The van der Waals surface area contributed by atoms with Crippen LogP contribution in [0, 0.1) is 11.8 Å². The fourth-order valence-electron chi connectivity index (χ4n) is 4.60. The number of Topliss-reactive ketones (excluding diaryl/α,β-unsaturated/α-hetero) is 1. The van der Waals surface area contributed by atoms with E-state index in [2.05, 4.69) is 11.8 Å². The Morgan fingerprint density at radius 1 is 1.33 bits per heavy atom. The van der Waals surface area contributed by atoms with Gasteiger partial charge in [-0.05, 0) is 45.8 Å². The Labute approximate surface area is 163 Å². The lowest BCUT2D eigenvalue weighted by molar-refractivity contribution is -0.189. The molecule has 1 aliphatic carbocycles. The van der Waals surface area contributed by atoms with E-state index in [1.807, 2.05) is 30.0 Å². The number of hydrogen-bond acceptors (Lipinski definition) is 5. The van der Waals surface area contributed by atoms with Crippen molar-refractivity contribution in [2.75, 3.05) is 60.0 Å². The summed E-state index contributed by atoms with van der Waals surface area (Å²) in [6.45, 7) is 7.87. The van der Waals surface area contributed by atoms with Crippen molar-refractivity contribution in [2.45, 2.75) is 38.2 Å². The molecule has 2 aliphatic heterocycles. The Balaban J connectivity index is 1.43. The topological polar surface area (TPSA) is 53.1 Å². The SMILES string of the molecule is CC1C(=O)CCCC1CCN1CCOC2(C1)CN(C(=O)C=CCN(C)C)C2. The average molecular weight is 378 g/mol. The van der Waals surface area contributed by atoms with E-state index < -0.39 is 0 Å². The first-order chi connectivity index (χ1) is 12.9. The standard InChI is InChI=1S/C21H35N3O3/c1-17-18(6-4-7-19(17)25)9-11-23-12-13-27-21(14-23)15-24(16-21)20(26)8-5-10-22(2)3/h5,8,17-18H,4,6-7,9-16H2,1-3H3. The van der Waals surface area contributed by atoms with E-state index in [1.54, 1.807) is 6.08 Å². The fourth-order valence-corrected chi connectivity index (χ4v) is 4.60. The zero-order valence-corrected chi connectivity index (χ0v) is 17.2. The lowest BCUT2D eigenvalue weighted by Crippen LogP contribution is -2.71. The predicted octanol–water partition coefficient (Wildman–Crippen LogP) is 1.41. The number of ether oxygens (including phenoxy) is 1. The maximum Gasteiger partial charge on any atom is 0.246 e. The Bertz CT molecular complexity index is 569. The summed E-state index contributed by atoms with van der Waals surface area (Å²) in [7, 11) is 3.98. The first-order valence-corrected chi connectivity index (χ1v) is 10.4. The summed E-state index contributed by atoms with van der Waals surface area (Å²) in [5.74, 6) is 1.28. The van der Waals surface area contributed by atoms with Crippen molar-refractivity contribution >= 4 is 11.7 Å². The lowest BCUT2D eigenvalue weighted by Gasteiger charge is -2.53. The molecule has 0 radical (unpaired) electrons. The van der Waals surface area contributed by atoms with Crippen LogP contribution in [-0.4, -0.2) is 92.0 Å². The monoisotopic (exact) mass is 377 g/mol. The molecule has 3 aliphatic rings. The molecule has 2 saturated heterocycles. The number of likely N-dealkylation sites (tertiary alicyclic amines) is 1. The van der Waals surface area contributed by atoms with Gasteiger partial charge in [-0.2, -0.15) is 0 Å².